The Morgan fingerprint density at radius 2 is 1.79 bits per heavy atom. The van der Waals surface area contributed by atoms with E-state index in [1.807, 2.05) is 31.3 Å². The maximum absolute atomic E-state index is 13.0. The Hall–Kier alpha value is -1.39. The Morgan fingerprint density at radius 3 is 2.42 bits per heavy atom. The fourth-order valence-corrected chi connectivity index (χ4v) is 2.41. The van der Waals surface area contributed by atoms with Crippen LogP contribution in [0.5, 0.6) is 0 Å². The minimum Gasteiger partial charge on any atom is -0.399 e. The minimum atomic E-state index is -0.225. The van der Waals surface area contributed by atoms with E-state index in [1.54, 1.807) is 6.07 Å². The van der Waals surface area contributed by atoms with Crippen molar-refractivity contribution in [3.05, 3.63) is 63.9 Å². The Morgan fingerprint density at radius 1 is 1.11 bits per heavy atom. The molecular formula is C15H16BrFN2. The molecule has 2 aromatic rings. The zero-order valence-corrected chi connectivity index (χ0v) is 12.3. The van der Waals surface area contributed by atoms with Gasteiger partial charge in [-0.15, -0.1) is 0 Å². The van der Waals surface area contributed by atoms with Gasteiger partial charge in [-0.1, -0.05) is 34.1 Å². The lowest BCUT2D eigenvalue weighted by Gasteiger charge is -2.17. The summed E-state index contributed by atoms with van der Waals surface area (Å²) in [6.45, 7) is 1.58. The highest BCUT2D eigenvalue weighted by Gasteiger charge is 2.06. The van der Waals surface area contributed by atoms with Gasteiger partial charge in [-0.25, -0.2) is 4.39 Å². The van der Waals surface area contributed by atoms with Gasteiger partial charge in [0, 0.05) is 23.2 Å². The number of nitrogen functional groups attached to an aromatic ring is 1. The minimum absolute atomic E-state index is 0.225. The fourth-order valence-electron chi connectivity index (χ4n) is 1.93. The lowest BCUT2D eigenvalue weighted by Crippen LogP contribution is -2.17. The van der Waals surface area contributed by atoms with Crippen LogP contribution in [0.25, 0.3) is 0 Å². The molecule has 4 heteroatoms. The van der Waals surface area contributed by atoms with Crippen LogP contribution in [-0.4, -0.2) is 11.9 Å². The Kier molecular flexibility index (Phi) is 4.56. The molecule has 2 N–H and O–H groups in total. The quantitative estimate of drug-likeness (QED) is 0.867. The molecule has 0 saturated carbocycles. The second-order valence-electron chi connectivity index (χ2n) is 4.65. The molecular weight excluding hydrogens is 307 g/mol. The van der Waals surface area contributed by atoms with E-state index in [0.29, 0.717) is 0 Å². The van der Waals surface area contributed by atoms with Gasteiger partial charge in [0.2, 0.25) is 0 Å². The highest BCUT2D eigenvalue weighted by Crippen LogP contribution is 2.20. The molecule has 0 aliphatic rings. The number of rotatable bonds is 4. The van der Waals surface area contributed by atoms with Crippen LogP contribution in [0.4, 0.5) is 10.1 Å². The standard InChI is InChI=1S/C15H16BrFN2/c1-19(9-11-2-6-14(18)7-3-11)10-12-4-5-13(17)8-15(12)16/h2-8H,9-10,18H2,1H3. The largest absolute Gasteiger partial charge is 0.399 e. The number of hydrogen-bond acceptors (Lipinski definition) is 2. The summed E-state index contributed by atoms with van der Waals surface area (Å²) in [6.07, 6.45) is 0. The molecule has 0 unspecified atom stereocenters. The number of nitrogens with two attached hydrogens (primary N) is 1. The van der Waals surface area contributed by atoms with Crippen molar-refractivity contribution in [1.82, 2.24) is 4.90 Å². The van der Waals surface area contributed by atoms with Gasteiger partial charge in [-0.3, -0.25) is 4.90 Å². The Bertz CT molecular complexity index is 555. The fraction of sp³-hybridized carbons (Fsp3) is 0.200. The van der Waals surface area contributed by atoms with Crippen LogP contribution in [0.3, 0.4) is 0 Å². The van der Waals surface area contributed by atoms with Crippen molar-refractivity contribution >= 4 is 21.6 Å². The lowest BCUT2D eigenvalue weighted by atomic mass is 10.1. The molecule has 0 bridgehead atoms. The van der Waals surface area contributed by atoms with Crippen molar-refractivity contribution in [3.63, 3.8) is 0 Å². The normalized spacial score (nSPS) is 10.9. The van der Waals surface area contributed by atoms with E-state index in [0.717, 1.165) is 28.8 Å². The van der Waals surface area contributed by atoms with Crippen molar-refractivity contribution in [2.24, 2.45) is 0 Å². The van der Waals surface area contributed by atoms with E-state index in [2.05, 4.69) is 20.8 Å². The number of halogens is 2. The predicted octanol–water partition coefficient (Wildman–Crippen LogP) is 3.80. The van der Waals surface area contributed by atoms with E-state index in [1.165, 1.54) is 17.7 Å². The molecule has 19 heavy (non-hydrogen) atoms. The van der Waals surface area contributed by atoms with Gasteiger partial charge < -0.3 is 5.73 Å². The molecule has 0 saturated heterocycles. The van der Waals surface area contributed by atoms with E-state index in [4.69, 9.17) is 5.73 Å². The average Bonchev–Trinajstić information content (AvgIpc) is 2.36. The summed E-state index contributed by atoms with van der Waals surface area (Å²) in [5, 5.41) is 0. The molecule has 0 radical (unpaired) electrons. The predicted molar refractivity (Wildman–Crippen MR) is 80.1 cm³/mol. The van der Waals surface area contributed by atoms with E-state index in [-0.39, 0.29) is 5.82 Å². The van der Waals surface area contributed by atoms with Crippen molar-refractivity contribution in [2.75, 3.05) is 12.8 Å². The second kappa shape index (κ2) is 6.17. The highest BCUT2D eigenvalue weighted by molar-refractivity contribution is 9.10. The Balaban J connectivity index is 2.01. The molecule has 0 aliphatic heterocycles. The van der Waals surface area contributed by atoms with Crippen LogP contribution >= 0.6 is 15.9 Å². The third-order valence-corrected chi connectivity index (χ3v) is 3.63. The summed E-state index contributed by atoms with van der Waals surface area (Å²) >= 11 is 3.39. The third-order valence-electron chi connectivity index (χ3n) is 2.89. The Labute approximate surface area is 121 Å². The maximum Gasteiger partial charge on any atom is 0.124 e. The van der Waals surface area contributed by atoms with Gasteiger partial charge in [0.25, 0.3) is 0 Å². The molecule has 0 amide bonds. The number of benzene rings is 2. The van der Waals surface area contributed by atoms with E-state index >= 15 is 0 Å². The van der Waals surface area contributed by atoms with Crippen LogP contribution in [0.1, 0.15) is 11.1 Å². The molecule has 0 aromatic heterocycles. The van der Waals surface area contributed by atoms with Gasteiger partial charge >= 0.3 is 0 Å². The molecule has 100 valence electrons. The first-order valence-electron chi connectivity index (χ1n) is 6.01. The zero-order valence-electron chi connectivity index (χ0n) is 10.7. The molecule has 0 aliphatic carbocycles. The van der Waals surface area contributed by atoms with Crippen LogP contribution in [0.15, 0.2) is 46.9 Å². The van der Waals surface area contributed by atoms with Gasteiger partial charge in [0.05, 0.1) is 0 Å². The number of anilines is 1. The summed E-state index contributed by atoms with van der Waals surface area (Å²) in [5.74, 6) is -0.225. The van der Waals surface area contributed by atoms with Crippen LogP contribution in [-0.2, 0) is 13.1 Å². The topological polar surface area (TPSA) is 29.3 Å². The molecule has 2 aromatic carbocycles. The molecule has 0 heterocycles. The van der Waals surface area contributed by atoms with Crippen LogP contribution < -0.4 is 5.73 Å². The first kappa shape index (κ1) is 14.0. The number of nitrogens with zero attached hydrogens (tertiary/aromatic N) is 1. The summed E-state index contributed by atoms with van der Waals surface area (Å²) in [4.78, 5) is 2.17. The lowest BCUT2D eigenvalue weighted by molar-refractivity contribution is 0.318. The van der Waals surface area contributed by atoms with Gasteiger partial charge in [-0.2, -0.15) is 0 Å². The van der Waals surface area contributed by atoms with Crippen LogP contribution in [0, 0.1) is 5.82 Å². The first-order valence-corrected chi connectivity index (χ1v) is 6.81. The smallest absolute Gasteiger partial charge is 0.124 e. The zero-order chi connectivity index (χ0) is 13.8. The maximum atomic E-state index is 13.0. The summed E-state index contributed by atoms with van der Waals surface area (Å²) in [6, 6.07) is 12.6. The van der Waals surface area contributed by atoms with E-state index in [9.17, 15) is 4.39 Å². The molecule has 0 fully saturated rings. The summed E-state index contributed by atoms with van der Waals surface area (Å²) in [7, 11) is 2.03. The molecule has 2 rings (SSSR count). The van der Waals surface area contributed by atoms with Crippen molar-refractivity contribution in [2.45, 2.75) is 13.1 Å². The molecule has 0 spiro atoms. The monoisotopic (exact) mass is 322 g/mol. The average molecular weight is 323 g/mol. The molecule has 2 nitrogen and oxygen atoms in total. The van der Waals surface area contributed by atoms with E-state index < -0.39 is 0 Å². The van der Waals surface area contributed by atoms with Gasteiger partial charge in [-0.05, 0) is 42.4 Å². The van der Waals surface area contributed by atoms with Crippen molar-refractivity contribution < 1.29 is 4.39 Å². The van der Waals surface area contributed by atoms with Crippen molar-refractivity contribution in [1.29, 1.82) is 0 Å². The third kappa shape index (κ3) is 4.04. The van der Waals surface area contributed by atoms with Gasteiger partial charge in [0.1, 0.15) is 5.82 Å². The first-order chi connectivity index (χ1) is 9.04. The second-order valence-corrected chi connectivity index (χ2v) is 5.50. The highest BCUT2D eigenvalue weighted by atomic mass is 79.9. The van der Waals surface area contributed by atoms with Crippen molar-refractivity contribution in [3.8, 4) is 0 Å². The summed E-state index contributed by atoms with van der Waals surface area (Å²) < 4.78 is 13.8. The number of hydrogen-bond donors (Lipinski definition) is 1. The molecule has 0 atom stereocenters. The van der Waals surface area contributed by atoms with Gasteiger partial charge in [0.15, 0.2) is 0 Å². The summed E-state index contributed by atoms with van der Waals surface area (Å²) in [5.41, 5.74) is 8.70. The SMILES string of the molecule is CN(Cc1ccc(N)cc1)Cc1ccc(F)cc1Br. The van der Waals surface area contributed by atoms with Crippen LogP contribution in [0.2, 0.25) is 0 Å².